The zero-order chi connectivity index (χ0) is 11.5. The first-order valence-corrected chi connectivity index (χ1v) is 6.45. The predicted molar refractivity (Wildman–Crippen MR) is 67.0 cm³/mol. The summed E-state index contributed by atoms with van der Waals surface area (Å²) < 4.78 is 0. The van der Waals surface area contributed by atoms with Crippen LogP contribution in [0.5, 0.6) is 0 Å². The molecule has 0 heterocycles. The second-order valence-corrected chi connectivity index (χ2v) is 5.76. The lowest BCUT2D eigenvalue weighted by Crippen LogP contribution is -2.56. The van der Waals surface area contributed by atoms with Gasteiger partial charge in [-0.25, -0.2) is 0 Å². The lowest BCUT2D eigenvalue weighted by molar-refractivity contribution is 0.0302. The van der Waals surface area contributed by atoms with Crippen molar-refractivity contribution >= 4 is 0 Å². The SMILES string of the molecule is CCN(CC)C1(CN)CCC(C)(C)CC1. The van der Waals surface area contributed by atoms with Gasteiger partial charge in [0.1, 0.15) is 0 Å². The van der Waals surface area contributed by atoms with E-state index in [0.29, 0.717) is 11.0 Å². The molecular formula is C13H28N2. The first kappa shape index (κ1) is 13.0. The molecule has 1 saturated carbocycles. The molecule has 1 rings (SSSR count). The molecule has 90 valence electrons. The maximum absolute atomic E-state index is 6.04. The van der Waals surface area contributed by atoms with Gasteiger partial charge in [0, 0.05) is 12.1 Å². The Morgan fingerprint density at radius 2 is 1.47 bits per heavy atom. The normalized spacial score (nSPS) is 24.4. The molecule has 0 spiro atoms. The molecule has 0 radical (unpaired) electrons. The third-order valence-electron chi connectivity index (χ3n) is 4.35. The number of rotatable bonds is 4. The second-order valence-electron chi connectivity index (χ2n) is 5.76. The minimum absolute atomic E-state index is 0.305. The summed E-state index contributed by atoms with van der Waals surface area (Å²) in [5.41, 5.74) is 6.88. The Bertz CT molecular complexity index is 185. The van der Waals surface area contributed by atoms with Gasteiger partial charge in [-0.3, -0.25) is 4.90 Å². The van der Waals surface area contributed by atoms with Crippen molar-refractivity contribution in [2.75, 3.05) is 19.6 Å². The minimum atomic E-state index is 0.305. The van der Waals surface area contributed by atoms with Crippen LogP contribution in [0, 0.1) is 5.41 Å². The Hall–Kier alpha value is -0.0800. The molecule has 15 heavy (non-hydrogen) atoms. The van der Waals surface area contributed by atoms with Crippen LogP contribution in [0.1, 0.15) is 53.4 Å². The van der Waals surface area contributed by atoms with E-state index >= 15 is 0 Å². The van der Waals surface area contributed by atoms with Gasteiger partial charge in [0.25, 0.3) is 0 Å². The molecule has 0 aromatic carbocycles. The fourth-order valence-electron chi connectivity index (χ4n) is 2.94. The molecule has 2 N–H and O–H groups in total. The summed E-state index contributed by atoms with van der Waals surface area (Å²) in [6, 6.07) is 0. The number of likely N-dealkylation sites (N-methyl/N-ethyl adjacent to an activating group) is 1. The van der Waals surface area contributed by atoms with E-state index in [1.165, 1.54) is 25.7 Å². The lowest BCUT2D eigenvalue weighted by atomic mass is 9.68. The van der Waals surface area contributed by atoms with Gasteiger partial charge in [0.05, 0.1) is 0 Å². The minimum Gasteiger partial charge on any atom is -0.329 e. The van der Waals surface area contributed by atoms with E-state index in [1.807, 2.05) is 0 Å². The van der Waals surface area contributed by atoms with Gasteiger partial charge < -0.3 is 5.73 Å². The Labute approximate surface area is 95.2 Å². The number of hydrogen-bond donors (Lipinski definition) is 1. The van der Waals surface area contributed by atoms with Crippen molar-refractivity contribution in [1.82, 2.24) is 4.90 Å². The summed E-state index contributed by atoms with van der Waals surface area (Å²) in [6.45, 7) is 12.4. The zero-order valence-electron chi connectivity index (χ0n) is 11.0. The molecular weight excluding hydrogens is 184 g/mol. The van der Waals surface area contributed by atoms with Crippen molar-refractivity contribution in [3.63, 3.8) is 0 Å². The largest absolute Gasteiger partial charge is 0.329 e. The summed E-state index contributed by atoms with van der Waals surface area (Å²) in [6.07, 6.45) is 5.19. The van der Waals surface area contributed by atoms with E-state index in [9.17, 15) is 0 Å². The summed E-state index contributed by atoms with van der Waals surface area (Å²) in [5, 5.41) is 0. The van der Waals surface area contributed by atoms with Crippen LogP contribution in [0.3, 0.4) is 0 Å². The molecule has 0 unspecified atom stereocenters. The van der Waals surface area contributed by atoms with Crippen molar-refractivity contribution in [2.45, 2.75) is 58.9 Å². The van der Waals surface area contributed by atoms with Crippen molar-refractivity contribution < 1.29 is 0 Å². The fraction of sp³-hybridized carbons (Fsp3) is 1.00. The highest BCUT2D eigenvalue weighted by Gasteiger charge is 2.40. The highest BCUT2D eigenvalue weighted by Crippen LogP contribution is 2.42. The zero-order valence-corrected chi connectivity index (χ0v) is 11.0. The van der Waals surface area contributed by atoms with Crippen LogP contribution >= 0.6 is 0 Å². The Morgan fingerprint density at radius 3 is 1.80 bits per heavy atom. The molecule has 0 amide bonds. The van der Waals surface area contributed by atoms with Gasteiger partial charge in [0.15, 0.2) is 0 Å². The van der Waals surface area contributed by atoms with Crippen LogP contribution in [0.4, 0.5) is 0 Å². The van der Waals surface area contributed by atoms with Crippen LogP contribution in [-0.4, -0.2) is 30.1 Å². The van der Waals surface area contributed by atoms with Gasteiger partial charge in [-0.2, -0.15) is 0 Å². The average molecular weight is 212 g/mol. The van der Waals surface area contributed by atoms with Crippen LogP contribution in [0.15, 0.2) is 0 Å². The Kier molecular flexibility index (Phi) is 4.19. The topological polar surface area (TPSA) is 29.3 Å². The molecule has 2 heteroatoms. The standard InChI is InChI=1S/C13H28N2/c1-5-15(6-2)13(11-14)9-7-12(3,4)8-10-13/h5-11,14H2,1-4H3. The third kappa shape index (κ3) is 2.73. The molecule has 0 aromatic rings. The van der Waals surface area contributed by atoms with Crippen LogP contribution in [0.25, 0.3) is 0 Å². The molecule has 1 aliphatic carbocycles. The molecule has 0 saturated heterocycles. The van der Waals surface area contributed by atoms with E-state index in [-0.39, 0.29) is 0 Å². The highest BCUT2D eigenvalue weighted by molar-refractivity contribution is 4.97. The summed E-state index contributed by atoms with van der Waals surface area (Å²) in [4.78, 5) is 2.57. The number of nitrogens with zero attached hydrogens (tertiary/aromatic N) is 1. The number of nitrogens with two attached hydrogens (primary N) is 1. The van der Waals surface area contributed by atoms with E-state index < -0.39 is 0 Å². The van der Waals surface area contributed by atoms with E-state index in [0.717, 1.165) is 19.6 Å². The lowest BCUT2D eigenvalue weighted by Gasteiger charge is -2.49. The van der Waals surface area contributed by atoms with Gasteiger partial charge >= 0.3 is 0 Å². The van der Waals surface area contributed by atoms with Crippen molar-refractivity contribution in [3.8, 4) is 0 Å². The molecule has 1 fully saturated rings. The first-order chi connectivity index (χ1) is 6.99. The Balaban J connectivity index is 2.71. The monoisotopic (exact) mass is 212 g/mol. The molecule has 0 aliphatic heterocycles. The smallest absolute Gasteiger partial charge is 0.0331 e. The van der Waals surface area contributed by atoms with Gasteiger partial charge in [0.2, 0.25) is 0 Å². The summed E-state index contributed by atoms with van der Waals surface area (Å²) in [5.74, 6) is 0. The average Bonchev–Trinajstić information content (AvgIpc) is 2.22. The van der Waals surface area contributed by atoms with E-state index in [2.05, 4.69) is 32.6 Å². The van der Waals surface area contributed by atoms with Crippen molar-refractivity contribution in [1.29, 1.82) is 0 Å². The van der Waals surface area contributed by atoms with E-state index in [4.69, 9.17) is 5.73 Å². The van der Waals surface area contributed by atoms with Gasteiger partial charge in [-0.05, 0) is 44.2 Å². The summed E-state index contributed by atoms with van der Waals surface area (Å²) >= 11 is 0. The fourth-order valence-corrected chi connectivity index (χ4v) is 2.94. The second kappa shape index (κ2) is 4.84. The summed E-state index contributed by atoms with van der Waals surface area (Å²) in [7, 11) is 0. The molecule has 0 atom stereocenters. The van der Waals surface area contributed by atoms with Crippen molar-refractivity contribution in [3.05, 3.63) is 0 Å². The van der Waals surface area contributed by atoms with Gasteiger partial charge in [-0.15, -0.1) is 0 Å². The third-order valence-corrected chi connectivity index (χ3v) is 4.35. The molecule has 2 nitrogen and oxygen atoms in total. The van der Waals surface area contributed by atoms with Crippen LogP contribution < -0.4 is 5.73 Å². The van der Waals surface area contributed by atoms with E-state index in [1.54, 1.807) is 0 Å². The first-order valence-electron chi connectivity index (χ1n) is 6.45. The number of hydrogen-bond acceptors (Lipinski definition) is 2. The van der Waals surface area contributed by atoms with Crippen molar-refractivity contribution in [2.24, 2.45) is 11.1 Å². The highest BCUT2D eigenvalue weighted by atomic mass is 15.2. The van der Waals surface area contributed by atoms with Crippen LogP contribution in [0.2, 0.25) is 0 Å². The molecule has 0 aromatic heterocycles. The molecule has 1 aliphatic rings. The van der Waals surface area contributed by atoms with Gasteiger partial charge in [-0.1, -0.05) is 27.7 Å². The van der Waals surface area contributed by atoms with Crippen LogP contribution in [-0.2, 0) is 0 Å². The predicted octanol–water partition coefficient (Wildman–Crippen LogP) is 2.63. The molecule has 0 bridgehead atoms. The Morgan fingerprint density at radius 1 is 1.00 bits per heavy atom. The maximum atomic E-state index is 6.04. The maximum Gasteiger partial charge on any atom is 0.0331 e. The quantitative estimate of drug-likeness (QED) is 0.776.